The summed E-state index contributed by atoms with van der Waals surface area (Å²) in [4.78, 5) is 2.36. The molecule has 0 fully saturated rings. The van der Waals surface area contributed by atoms with E-state index in [4.69, 9.17) is 0 Å². The summed E-state index contributed by atoms with van der Waals surface area (Å²) in [6, 6.07) is 65.7. The molecule has 0 aliphatic carbocycles. The van der Waals surface area contributed by atoms with Crippen LogP contribution in [0.4, 0.5) is 17.1 Å². The van der Waals surface area contributed by atoms with Gasteiger partial charge in [-0.1, -0.05) is 127 Å². The summed E-state index contributed by atoms with van der Waals surface area (Å²) in [5, 5.41) is 7.46. The molecule has 2 heteroatoms. The van der Waals surface area contributed by atoms with Crippen molar-refractivity contribution in [2.24, 2.45) is 0 Å². The Morgan fingerprint density at radius 3 is 1.63 bits per heavy atom. The van der Waals surface area contributed by atoms with E-state index in [9.17, 15) is 0 Å². The molecular weight excluding hydrogens is 556 g/mol. The Hall–Kier alpha value is -6.12. The highest BCUT2D eigenvalue weighted by molar-refractivity contribution is 6.10. The molecule has 46 heavy (non-hydrogen) atoms. The number of aromatic nitrogens is 1. The predicted molar refractivity (Wildman–Crippen MR) is 196 cm³/mol. The summed E-state index contributed by atoms with van der Waals surface area (Å²) in [6.45, 7) is 0. The fourth-order valence-electron chi connectivity index (χ4n) is 7.06. The van der Waals surface area contributed by atoms with E-state index in [1.165, 1.54) is 54.5 Å². The molecule has 0 unspecified atom stereocenters. The van der Waals surface area contributed by atoms with Crippen molar-refractivity contribution in [2.45, 2.75) is 0 Å². The highest BCUT2D eigenvalue weighted by Crippen LogP contribution is 2.41. The fourth-order valence-corrected chi connectivity index (χ4v) is 7.06. The van der Waals surface area contributed by atoms with Crippen molar-refractivity contribution in [2.75, 3.05) is 4.90 Å². The predicted octanol–water partition coefficient (Wildman–Crippen LogP) is 12.2. The standard InChI is InChI=1S/C44H30N2/c1-2-16-34(17-3-1)45(42-24-12-15-31-13-4-7-19-38(31)42)35-27-25-32(26-28-35)41-30-36(29-33-14-5-6-18-37(33)41)46-43-22-10-8-20-39(43)40-21-9-11-23-44(40)46/h1-30H. The van der Waals surface area contributed by atoms with Crippen molar-refractivity contribution in [1.82, 2.24) is 4.57 Å². The third-order valence-electron chi connectivity index (χ3n) is 9.14. The van der Waals surface area contributed by atoms with Crippen molar-refractivity contribution < 1.29 is 0 Å². The molecular formula is C44H30N2. The molecule has 0 bridgehead atoms. The fraction of sp³-hybridized carbons (Fsp3) is 0. The molecule has 0 aliphatic rings. The van der Waals surface area contributed by atoms with Gasteiger partial charge in [-0.3, -0.25) is 0 Å². The Kier molecular flexibility index (Phi) is 6.17. The van der Waals surface area contributed by atoms with Gasteiger partial charge < -0.3 is 9.47 Å². The molecule has 0 aliphatic heterocycles. The minimum absolute atomic E-state index is 1.12. The normalized spacial score (nSPS) is 11.5. The van der Waals surface area contributed by atoms with Crippen LogP contribution >= 0.6 is 0 Å². The summed E-state index contributed by atoms with van der Waals surface area (Å²) >= 11 is 0. The van der Waals surface area contributed by atoms with Gasteiger partial charge in [-0.2, -0.15) is 0 Å². The molecule has 2 nitrogen and oxygen atoms in total. The molecule has 1 aromatic heterocycles. The minimum atomic E-state index is 1.12. The second-order valence-corrected chi connectivity index (χ2v) is 11.8. The van der Waals surface area contributed by atoms with Gasteiger partial charge in [-0.05, 0) is 81.9 Å². The Morgan fingerprint density at radius 1 is 0.370 bits per heavy atom. The van der Waals surface area contributed by atoms with Crippen LogP contribution in [0, 0.1) is 0 Å². The average molecular weight is 587 g/mol. The van der Waals surface area contributed by atoms with Gasteiger partial charge in [0.05, 0.1) is 16.7 Å². The zero-order valence-electron chi connectivity index (χ0n) is 25.2. The van der Waals surface area contributed by atoms with Gasteiger partial charge in [0, 0.05) is 33.2 Å². The van der Waals surface area contributed by atoms with Gasteiger partial charge in [0.15, 0.2) is 0 Å². The maximum atomic E-state index is 2.41. The van der Waals surface area contributed by atoms with Gasteiger partial charge in [0.2, 0.25) is 0 Å². The highest BCUT2D eigenvalue weighted by Gasteiger charge is 2.17. The van der Waals surface area contributed by atoms with Crippen LogP contribution in [0.3, 0.4) is 0 Å². The first-order valence-corrected chi connectivity index (χ1v) is 15.8. The lowest BCUT2D eigenvalue weighted by atomic mass is 9.96. The summed E-state index contributed by atoms with van der Waals surface area (Å²) in [6.07, 6.45) is 0. The molecule has 216 valence electrons. The van der Waals surface area contributed by atoms with Crippen LogP contribution in [0.2, 0.25) is 0 Å². The van der Waals surface area contributed by atoms with Gasteiger partial charge in [-0.15, -0.1) is 0 Å². The number of fused-ring (bicyclic) bond motifs is 5. The van der Waals surface area contributed by atoms with E-state index in [2.05, 4.69) is 191 Å². The van der Waals surface area contributed by atoms with Gasteiger partial charge in [0.1, 0.15) is 0 Å². The molecule has 9 rings (SSSR count). The molecule has 0 N–H and O–H groups in total. The summed E-state index contributed by atoms with van der Waals surface area (Å²) in [5.41, 5.74) is 9.42. The van der Waals surface area contributed by atoms with Gasteiger partial charge in [0.25, 0.3) is 0 Å². The zero-order chi connectivity index (χ0) is 30.5. The Morgan fingerprint density at radius 2 is 0.913 bits per heavy atom. The number of nitrogens with zero attached hydrogens (tertiary/aromatic N) is 2. The van der Waals surface area contributed by atoms with Gasteiger partial charge in [-0.25, -0.2) is 0 Å². The van der Waals surface area contributed by atoms with Crippen molar-refractivity contribution >= 4 is 60.4 Å². The molecule has 9 aromatic rings. The smallest absolute Gasteiger partial charge is 0.0541 e. The summed E-state index contributed by atoms with van der Waals surface area (Å²) in [7, 11) is 0. The minimum Gasteiger partial charge on any atom is -0.310 e. The van der Waals surface area contributed by atoms with Crippen LogP contribution in [-0.2, 0) is 0 Å². The van der Waals surface area contributed by atoms with Crippen molar-refractivity contribution in [3.63, 3.8) is 0 Å². The maximum absolute atomic E-state index is 2.41. The number of anilines is 3. The molecule has 8 aromatic carbocycles. The van der Waals surface area contributed by atoms with E-state index in [0.29, 0.717) is 0 Å². The molecule has 0 radical (unpaired) electrons. The Bertz CT molecular complexity index is 2470. The number of rotatable bonds is 5. The second-order valence-electron chi connectivity index (χ2n) is 11.8. The van der Waals surface area contributed by atoms with Crippen LogP contribution < -0.4 is 4.90 Å². The monoisotopic (exact) mass is 586 g/mol. The lowest BCUT2D eigenvalue weighted by Crippen LogP contribution is -2.10. The van der Waals surface area contributed by atoms with Crippen molar-refractivity contribution in [3.8, 4) is 16.8 Å². The third-order valence-corrected chi connectivity index (χ3v) is 9.14. The lowest BCUT2D eigenvalue weighted by molar-refractivity contribution is 1.19. The van der Waals surface area contributed by atoms with E-state index in [1.54, 1.807) is 0 Å². The molecule has 0 saturated carbocycles. The highest BCUT2D eigenvalue weighted by atomic mass is 15.1. The first-order valence-electron chi connectivity index (χ1n) is 15.8. The molecule has 1 heterocycles. The zero-order valence-corrected chi connectivity index (χ0v) is 25.2. The quantitative estimate of drug-likeness (QED) is 0.195. The van der Waals surface area contributed by atoms with E-state index in [-0.39, 0.29) is 0 Å². The largest absolute Gasteiger partial charge is 0.310 e. The van der Waals surface area contributed by atoms with E-state index in [1.807, 2.05) is 0 Å². The van der Waals surface area contributed by atoms with Crippen LogP contribution in [0.15, 0.2) is 182 Å². The third kappa shape index (κ3) is 4.27. The Labute approximate surface area is 268 Å². The average Bonchev–Trinajstić information content (AvgIpc) is 3.47. The molecule has 0 spiro atoms. The number of para-hydroxylation sites is 3. The SMILES string of the molecule is c1ccc(N(c2ccc(-c3cc(-n4c5ccccc5c5ccccc54)cc4ccccc34)cc2)c2cccc3ccccc23)cc1. The number of benzene rings is 8. The van der Waals surface area contributed by atoms with Crippen LogP contribution in [0.5, 0.6) is 0 Å². The summed E-state index contributed by atoms with van der Waals surface area (Å²) < 4.78 is 2.41. The van der Waals surface area contributed by atoms with Crippen molar-refractivity contribution in [3.05, 3.63) is 182 Å². The van der Waals surface area contributed by atoms with Crippen LogP contribution in [0.25, 0.3) is 60.2 Å². The lowest BCUT2D eigenvalue weighted by Gasteiger charge is -2.27. The van der Waals surface area contributed by atoms with Crippen molar-refractivity contribution in [1.29, 1.82) is 0 Å². The van der Waals surface area contributed by atoms with E-state index >= 15 is 0 Å². The second kappa shape index (κ2) is 10.8. The molecule has 0 saturated heterocycles. The number of hydrogen-bond acceptors (Lipinski definition) is 1. The topological polar surface area (TPSA) is 8.17 Å². The summed E-state index contributed by atoms with van der Waals surface area (Å²) in [5.74, 6) is 0. The first-order chi connectivity index (χ1) is 22.8. The number of hydrogen-bond donors (Lipinski definition) is 0. The molecule has 0 atom stereocenters. The molecule has 0 amide bonds. The van der Waals surface area contributed by atoms with Gasteiger partial charge >= 0.3 is 0 Å². The van der Waals surface area contributed by atoms with Crippen LogP contribution in [0.1, 0.15) is 0 Å². The Balaban J connectivity index is 1.22. The van der Waals surface area contributed by atoms with E-state index < -0.39 is 0 Å². The maximum Gasteiger partial charge on any atom is 0.0541 e. The van der Waals surface area contributed by atoms with Crippen LogP contribution in [-0.4, -0.2) is 4.57 Å². The first kappa shape index (κ1) is 26.3. The van der Waals surface area contributed by atoms with E-state index in [0.717, 1.165) is 22.7 Å².